The van der Waals surface area contributed by atoms with Crippen molar-refractivity contribution >= 4 is 21.7 Å². The molecule has 0 saturated heterocycles. The van der Waals surface area contributed by atoms with Gasteiger partial charge < -0.3 is 5.73 Å². The first-order chi connectivity index (χ1) is 8.52. The Labute approximate surface area is 111 Å². The second-order valence-corrected chi connectivity index (χ2v) is 4.47. The van der Waals surface area contributed by atoms with Gasteiger partial charge in [-0.1, -0.05) is 6.92 Å². The summed E-state index contributed by atoms with van der Waals surface area (Å²) in [6.45, 7) is 1.92. The second kappa shape index (κ2) is 4.97. The molecular formula is C12H10BrF2N3. The molecule has 6 heteroatoms. The fourth-order valence-electron chi connectivity index (χ4n) is 1.51. The quantitative estimate of drug-likeness (QED) is 0.925. The van der Waals surface area contributed by atoms with Gasteiger partial charge in [-0.2, -0.15) is 0 Å². The van der Waals surface area contributed by atoms with E-state index in [0.29, 0.717) is 16.5 Å². The van der Waals surface area contributed by atoms with Crippen LogP contribution in [0.5, 0.6) is 0 Å². The number of nitrogens with two attached hydrogens (primary N) is 1. The van der Waals surface area contributed by atoms with Crippen LogP contribution in [0.4, 0.5) is 14.6 Å². The maximum Gasteiger partial charge on any atom is 0.161 e. The van der Waals surface area contributed by atoms with Gasteiger partial charge in [0.05, 0.1) is 10.2 Å². The van der Waals surface area contributed by atoms with E-state index >= 15 is 0 Å². The van der Waals surface area contributed by atoms with E-state index in [1.54, 1.807) is 0 Å². The van der Waals surface area contributed by atoms with Gasteiger partial charge in [0.15, 0.2) is 17.5 Å². The number of benzene rings is 1. The maximum atomic E-state index is 13.2. The molecule has 0 unspecified atom stereocenters. The summed E-state index contributed by atoms with van der Waals surface area (Å²) in [5, 5.41) is 0. The third-order valence-electron chi connectivity index (χ3n) is 2.46. The molecule has 0 fully saturated rings. The van der Waals surface area contributed by atoms with Crippen LogP contribution in [-0.2, 0) is 6.42 Å². The van der Waals surface area contributed by atoms with Crippen molar-refractivity contribution in [3.05, 3.63) is 40.0 Å². The molecule has 2 N–H and O–H groups in total. The lowest BCUT2D eigenvalue weighted by Gasteiger charge is -2.07. The van der Waals surface area contributed by atoms with Crippen LogP contribution in [0.2, 0.25) is 0 Å². The summed E-state index contributed by atoms with van der Waals surface area (Å²) in [4.78, 5) is 8.32. The predicted molar refractivity (Wildman–Crippen MR) is 68.9 cm³/mol. The Morgan fingerprint density at radius 1 is 1.22 bits per heavy atom. The summed E-state index contributed by atoms with van der Waals surface area (Å²) in [7, 11) is 0. The highest BCUT2D eigenvalue weighted by Crippen LogP contribution is 2.26. The minimum Gasteiger partial charge on any atom is -0.383 e. The highest BCUT2D eigenvalue weighted by atomic mass is 79.9. The summed E-state index contributed by atoms with van der Waals surface area (Å²) in [6.07, 6.45) is 0.657. The molecule has 1 aromatic heterocycles. The molecule has 18 heavy (non-hydrogen) atoms. The molecule has 0 atom stereocenters. The molecule has 94 valence electrons. The van der Waals surface area contributed by atoms with Gasteiger partial charge in [0, 0.05) is 5.56 Å². The van der Waals surface area contributed by atoms with Crippen molar-refractivity contribution in [1.29, 1.82) is 0 Å². The number of halogens is 3. The molecule has 2 aromatic rings. The molecule has 0 spiro atoms. The number of hydrogen-bond donors (Lipinski definition) is 1. The lowest BCUT2D eigenvalue weighted by atomic mass is 10.2. The fourth-order valence-corrected chi connectivity index (χ4v) is 1.97. The van der Waals surface area contributed by atoms with Crippen molar-refractivity contribution in [3.63, 3.8) is 0 Å². The minimum absolute atomic E-state index is 0.279. The molecular weight excluding hydrogens is 304 g/mol. The van der Waals surface area contributed by atoms with E-state index in [4.69, 9.17) is 5.73 Å². The zero-order valence-corrected chi connectivity index (χ0v) is 11.1. The van der Waals surface area contributed by atoms with Crippen molar-refractivity contribution in [3.8, 4) is 11.4 Å². The molecule has 1 heterocycles. The van der Waals surface area contributed by atoms with Crippen LogP contribution < -0.4 is 5.73 Å². The average Bonchev–Trinajstić information content (AvgIpc) is 2.36. The van der Waals surface area contributed by atoms with E-state index in [1.807, 2.05) is 6.92 Å². The number of nitrogen functional groups attached to an aromatic ring is 1. The smallest absolute Gasteiger partial charge is 0.161 e. The number of aromatic nitrogens is 2. The molecule has 0 radical (unpaired) electrons. The van der Waals surface area contributed by atoms with Crippen LogP contribution in [0.15, 0.2) is 22.7 Å². The van der Waals surface area contributed by atoms with Crippen molar-refractivity contribution in [2.24, 2.45) is 0 Å². The molecule has 1 aromatic carbocycles. The third kappa shape index (κ3) is 2.33. The van der Waals surface area contributed by atoms with Crippen LogP contribution in [0, 0.1) is 11.6 Å². The van der Waals surface area contributed by atoms with Gasteiger partial charge in [-0.15, -0.1) is 0 Å². The van der Waals surface area contributed by atoms with E-state index in [-0.39, 0.29) is 11.6 Å². The highest BCUT2D eigenvalue weighted by molar-refractivity contribution is 9.10. The van der Waals surface area contributed by atoms with Crippen LogP contribution in [0.3, 0.4) is 0 Å². The van der Waals surface area contributed by atoms with E-state index in [1.165, 1.54) is 6.07 Å². The highest BCUT2D eigenvalue weighted by Gasteiger charge is 2.12. The summed E-state index contributed by atoms with van der Waals surface area (Å²) in [6, 6.07) is 3.51. The monoisotopic (exact) mass is 313 g/mol. The zero-order valence-electron chi connectivity index (χ0n) is 9.54. The number of hydrogen-bond acceptors (Lipinski definition) is 3. The number of nitrogens with zero attached hydrogens (tertiary/aromatic N) is 2. The molecule has 0 aliphatic rings. The van der Waals surface area contributed by atoms with Crippen molar-refractivity contribution in [2.45, 2.75) is 13.3 Å². The number of anilines is 1. The Balaban J connectivity index is 2.57. The van der Waals surface area contributed by atoms with Gasteiger partial charge in [0.2, 0.25) is 0 Å². The van der Waals surface area contributed by atoms with E-state index < -0.39 is 11.6 Å². The summed E-state index contributed by atoms with van der Waals surface area (Å²) < 4.78 is 26.6. The zero-order chi connectivity index (χ0) is 13.3. The molecule has 2 rings (SSSR count). The Kier molecular flexibility index (Phi) is 3.56. The van der Waals surface area contributed by atoms with Gasteiger partial charge in [-0.3, -0.25) is 0 Å². The molecule has 3 nitrogen and oxygen atoms in total. The van der Waals surface area contributed by atoms with Gasteiger partial charge >= 0.3 is 0 Å². The summed E-state index contributed by atoms with van der Waals surface area (Å²) in [5.74, 6) is -1.27. The predicted octanol–water partition coefficient (Wildman–Crippen LogP) is 3.33. The van der Waals surface area contributed by atoms with Crippen LogP contribution in [-0.4, -0.2) is 9.97 Å². The lowest BCUT2D eigenvalue weighted by molar-refractivity contribution is 0.509. The first-order valence-electron chi connectivity index (χ1n) is 5.30. The number of aryl methyl sites for hydroxylation is 1. The standard InChI is InChI=1S/C12H10BrF2N3/c1-2-9-10(13)11(16)18-12(17-9)6-3-4-7(14)8(15)5-6/h3-5H,2H2,1H3,(H2,16,17,18). The largest absolute Gasteiger partial charge is 0.383 e. The Morgan fingerprint density at radius 2 is 1.94 bits per heavy atom. The van der Waals surface area contributed by atoms with Crippen LogP contribution >= 0.6 is 15.9 Å². The third-order valence-corrected chi connectivity index (χ3v) is 3.32. The molecule has 0 amide bonds. The fraction of sp³-hybridized carbons (Fsp3) is 0.167. The minimum atomic E-state index is -0.935. The average molecular weight is 314 g/mol. The van der Waals surface area contributed by atoms with Gasteiger partial charge in [-0.25, -0.2) is 18.7 Å². The normalized spacial score (nSPS) is 10.7. The maximum absolute atomic E-state index is 13.2. The summed E-state index contributed by atoms with van der Waals surface area (Å²) in [5.41, 5.74) is 6.85. The van der Waals surface area contributed by atoms with Crippen molar-refractivity contribution in [1.82, 2.24) is 9.97 Å². The second-order valence-electron chi connectivity index (χ2n) is 3.68. The summed E-state index contributed by atoms with van der Waals surface area (Å²) >= 11 is 3.29. The van der Waals surface area contributed by atoms with E-state index in [9.17, 15) is 8.78 Å². The topological polar surface area (TPSA) is 51.8 Å². The van der Waals surface area contributed by atoms with Gasteiger partial charge in [-0.05, 0) is 40.5 Å². The molecule has 0 aliphatic heterocycles. The van der Waals surface area contributed by atoms with Crippen LogP contribution in [0.25, 0.3) is 11.4 Å². The number of rotatable bonds is 2. The van der Waals surface area contributed by atoms with E-state index in [2.05, 4.69) is 25.9 Å². The van der Waals surface area contributed by atoms with Crippen molar-refractivity contribution in [2.75, 3.05) is 5.73 Å². The first kappa shape index (κ1) is 12.9. The SMILES string of the molecule is CCc1nc(-c2ccc(F)c(F)c2)nc(N)c1Br. The lowest BCUT2D eigenvalue weighted by Crippen LogP contribution is -2.02. The van der Waals surface area contributed by atoms with Gasteiger partial charge in [0.25, 0.3) is 0 Å². The Hall–Kier alpha value is -1.56. The van der Waals surface area contributed by atoms with E-state index in [0.717, 1.165) is 17.8 Å². The molecule has 0 aliphatic carbocycles. The van der Waals surface area contributed by atoms with Crippen molar-refractivity contribution < 1.29 is 8.78 Å². The van der Waals surface area contributed by atoms with Crippen LogP contribution in [0.1, 0.15) is 12.6 Å². The first-order valence-corrected chi connectivity index (χ1v) is 6.09. The Morgan fingerprint density at radius 3 is 2.56 bits per heavy atom. The molecule has 0 bridgehead atoms. The molecule has 0 saturated carbocycles. The van der Waals surface area contributed by atoms with Gasteiger partial charge in [0.1, 0.15) is 5.82 Å². The Bertz CT molecular complexity index is 602.